The van der Waals surface area contributed by atoms with E-state index in [0.717, 1.165) is 0 Å². The van der Waals surface area contributed by atoms with Crippen LogP contribution in [-0.4, -0.2) is 80.7 Å². The van der Waals surface area contributed by atoms with Crippen LogP contribution in [0.15, 0.2) is 0 Å². The van der Waals surface area contributed by atoms with E-state index >= 15 is 0 Å². The van der Waals surface area contributed by atoms with Gasteiger partial charge in [0.25, 0.3) is 0 Å². The second-order valence-corrected chi connectivity index (χ2v) is 1.39. The van der Waals surface area contributed by atoms with Crippen LogP contribution in [0.25, 0.3) is 0 Å². The van der Waals surface area contributed by atoms with Gasteiger partial charge in [-0.1, -0.05) is 0 Å². The molecule has 0 saturated carbocycles. The number of rotatable bonds is 4. The molecule has 0 heterocycles. The zero-order valence-corrected chi connectivity index (χ0v) is 8.81. The fourth-order valence-corrected chi connectivity index (χ4v) is 0.276. The SMILES string of the molecule is O=C(O)CNCC(=O)O.[H-].[H-].[Sr+2]. The number of carboxylic acid groups (broad SMARTS) is 2. The van der Waals surface area contributed by atoms with Crippen LogP contribution in [0.2, 0.25) is 0 Å². The molecule has 0 saturated heterocycles. The first kappa shape index (κ1) is 13.0. The van der Waals surface area contributed by atoms with Gasteiger partial charge in [0, 0.05) is 0 Å². The molecule has 10 heavy (non-hydrogen) atoms. The second kappa shape index (κ2) is 7.49. The maximum Gasteiger partial charge on any atom is 2.00 e. The van der Waals surface area contributed by atoms with Gasteiger partial charge in [-0.2, -0.15) is 0 Å². The van der Waals surface area contributed by atoms with Crippen molar-refractivity contribution in [3.63, 3.8) is 0 Å². The van der Waals surface area contributed by atoms with Gasteiger partial charge in [0.1, 0.15) is 0 Å². The number of hydrogen-bond acceptors (Lipinski definition) is 3. The predicted molar refractivity (Wildman–Crippen MR) is 36.1 cm³/mol. The molecule has 0 radical (unpaired) electrons. The minimum Gasteiger partial charge on any atom is -1.00 e. The van der Waals surface area contributed by atoms with Crippen molar-refractivity contribution in [2.75, 3.05) is 13.1 Å². The van der Waals surface area contributed by atoms with Gasteiger partial charge in [0.05, 0.1) is 13.1 Å². The Morgan fingerprint density at radius 1 is 1.20 bits per heavy atom. The summed E-state index contributed by atoms with van der Waals surface area (Å²) in [6, 6.07) is 0. The van der Waals surface area contributed by atoms with Gasteiger partial charge >= 0.3 is 57.4 Å². The van der Waals surface area contributed by atoms with Gasteiger partial charge in [-0.15, -0.1) is 0 Å². The summed E-state index contributed by atoms with van der Waals surface area (Å²) in [5, 5.41) is 18.1. The minimum absolute atomic E-state index is 0. The van der Waals surface area contributed by atoms with E-state index in [0.29, 0.717) is 0 Å². The van der Waals surface area contributed by atoms with Gasteiger partial charge in [-0.3, -0.25) is 14.9 Å². The summed E-state index contributed by atoms with van der Waals surface area (Å²) < 4.78 is 0. The Kier molecular flexibility index (Phi) is 9.74. The van der Waals surface area contributed by atoms with Gasteiger partial charge in [0.2, 0.25) is 0 Å². The molecule has 0 aliphatic carbocycles. The van der Waals surface area contributed by atoms with E-state index < -0.39 is 11.9 Å². The number of hydrogen-bond donors (Lipinski definition) is 3. The number of aliphatic carboxylic acids is 2. The zero-order chi connectivity index (χ0) is 7.28. The van der Waals surface area contributed by atoms with Crippen molar-refractivity contribution in [3.05, 3.63) is 0 Å². The average molecular weight is 223 g/mol. The first-order valence-corrected chi connectivity index (χ1v) is 2.27. The molecular formula is C4H9NO4Sr. The molecule has 0 aliphatic heterocycles. The normalized spacial score (nSPS) is 8.00. The molecule has 3 N–H and O–H groups in total. The molecule has 0 aromatic carbocycles. The van der Waals surface area contributed by atoms with Crippen molar-refractivity contribution in [2.45, 2.75) is 0 Å². The van der Waals surface area contributed by atoms with Crippen LogP contribution in [0, 0.1) is 0 Å². The summed E-state index contributed by atoms with van der Waals surface area (Å²) in [4.78, 5) is 19.5. The third-order valence-corrected chi connectivity index (χ3v) is 0.552. The fraction of sp³-hybridized carbons (Fsp3) is 0.500. The average Bonchev–Trinajstić information content (AvgIpc) is 1.63. The maximum atomic E-state index is 9.73. The van der Waals surface area contributed by atoms with Crippen LogP contribution in [0.1, 0.15) is 2.85 Å². The van der Waals surface area contributed by atoms with Crippen LogP contribution < -0.4 is 5.32 Å². The first-order valence-electron chi connectivity index (χ1n) is 2.27. The standard InChI is InChI=1S/C4H7NO4.Sr.2H/c6-3(7)1-5-2-4(8)9;;;/h5H,1-2H2,(H,6,7)(H,8,9);;;/q;+2;2*-1. The van der Waals surface area contributed by atoms with E-state index in [9.17, 15) is 9.59 Å². The van der Waals surface area contributed by atoms with E-state index in [-0.39, 0.29) is 61.4 Å². The van der Waals surface area contributed by atoms with E-state index in [2.05, 4.69) is 5.32 Å². The number of carbonyl (C=O) groups is 2. The topological polar surface area (TPSA) is 86.6 Å². The molecule has 0 aliphatic rings. The molecule has 0 atom stereocenters. The Labute approximate surface area is 97.7 Å². The van der Waals surface area contributed by atoms with Crippen molar-refractivity contribution in [1.82, 2.24) is 5.32 Å². The Hall–Kier alpha value is 0.381. The Morgan fingerprint density at radius 2 is 1.50 bits per heavy atom. The van der Waals surface area contributed by atoms with Crippen LogP contribution in [0.5, 0.6) is 0 Å². The van der Waals surface area contributed by atoms with Gasteiger partial charge in [0.15, 0.2) is 0 Å². The number of carboxylic acids is 2. The van der Waals surface area contributed by atoms with Crippen LogP contribution >= 0.6 is 0 Å². The summed E-state index contributed by atoms with van der Waals surface area (Å²) in [6.07, 6.45) is 0. The summed E-state index contributed by atoms with van der Waals surface area (Å²) in [5.74, 6) is -2.12. The van der Waals surface area contributed by atoms with Gasteiger partial charge in [-0.25, -0.2) is 0 Å². The maximum absolute atomic E-state index is 9.73. The van der Waals surface area contributed by atoms with Crippen LogP contribution in [0.3, 0.4) is 0 Å². The molecule has 5 nitrogen and oxygen atoms in total. The molecule has 0 spiro atoms. The van der Waals surface area contributed by atoms with E-state index in [1.807, 2.05) is 0 Å². The monoisotopic (exact) mass is 223 g/mol. The third kappa shape index (κ3) is 11.2. The molecule has 56 valence electrons. The Bertz CT molecular complexity index is 120. The molecule has 0 rings (SSSR count). The minimum atomic E-state index is -1.06. The van der Waals surface area contributed by atoms with E-state index in [1.54, 1.807) is 0 Å². The first-order chi connectivity index (χ1) is 4.13. The van der Waals surface area contributed by atoms with Crippen molar-refractivity contribution >= 4 is 57.4 Å². The smallest absolute Gasteiger partial charge is 1.00 e. The second-order valence-electron chi connectivity index (χ2n) is 1.39. The van der Waals surface area contributed by atoms with Gasteiger partial charge < -0.3 is 13.1 Å². The van der Waals surface area contributed by atoms with E-state index in [4.69, 9.17) is 10.2 Å². The molecule has 0 fully saturated rings. The largest absolute Gasteiger partial charge is 2.00 e. The molecule has 0 bridgehead atoms. The van der Waals surface area contributed by atoms with Crippen molar-refractivity contribution in [3.8, 4) is 0 Å². The van der Waals surface area contributed by atoms with Crippen LogP contribution in [0.4, 0.5) is 0 Å². The zero-order valence-electron chi connectivity index (χ0n) is 7.33. The van der Waals surface area contributed by atoms with Crippen LogP contribution in [-0.2, 0) is 9.59 Å². The predicted octanol–water partition coefficient (Wildman–Crippen LogP) is -1.41. The molecule has 0 unspecified atom stereocenters. The van der Waals surface area contributed by atoms with E-state index in [1.165, 1.54) is 0 Å². The van der Waals surface area contributed by atoms with Gasteiger partial charge in [-0.05, 0) is 0 Å². The molecule has 0 aromatic rings. The molecular weight excluding hydrogens is 214 g/mol. The third-order valence-electron chi connectivity index (χ3n) is 0.552. The molecule has 6 heteroatoms. The summed E-state index contributed by atoms with van der Waals surface area (Å²) in [5.41, 5.74) is 0. The molecule has 0 aromatic heterocycles. The Balaban J connectivity index is -0.000000107. The molecule has 0 amide bonds. The fourth-order valence-electron chi connectivity index (χ4n) is 0.276. The number of nitrogens with one attached hydrogen (secondary N) is 1. The summed E-state index contributed by atoms with van der Waals surface area (Å²) in [6.45, 7) is -0.626. The van der Waals surface area contributed by atoms with Crippen molar-refractivity contribution < 1.29 is 22.7 Å². The summed E-state index contributed by atoms with van der Waals surface area (Å²) >= 11 is 0. The van der Waals surface area contributed by atoms with Crippen molar-refractivity contribution in [2.24, 2.45) is 0 Å². The van der Waals surface area contributed by atoms with Crippen molar-refractivity contribution in [1.29, 1.82) is 0 Å². The quantitative estimate of drug-likeness (QED) is 0.509. The summed E-state index contributed by atoms with van der Waals surface area (Å²) in [7, 11) is 0. The Morgan fingerprint density at radius 3 is 1.70 bits per heavy atom.